The van der Waals surface area contributed by atoms with Gasteiger partial charge in [-0.25, -0.2) is 4.99 Å². The van der Waals surface area contributed by atoms with Crippen molar-refractivity contribution < 1.29 is 4.42 Å². The number of hydrogen-bond donors (Lipinski definition) is 2. The van der Waals surface area contributed by atoms with Gasteiger partial charge in [0.05, 0.1) is 6.54 Å². The van der Waals surface area contributed by atoms with E-state index in [2.05, 4.69) is 59.8 Å². The molecule has 1 aromatic heterocycles. The van der Waals surface area contributed by atoms with Gasteiger partial charge >= 0.3 is 0 Å². The number of rotatable bonds is 5. The Morgan fingerprint density at radius 2 is 1.95 bits per heavy atom. The molecule has 0 spiro atoms. The van der Waals surface area contributed by atoms with E-state index in [1.807, 2.05) is 13.8 Å². The molecule has 0 aliphatic rings. The topological polar surface area (TPSA) is 49.6 Å². The van der Waals surface area contributed by atoms with Gasteiger partial charge in [0.1, 0.15) is 11.5 Å². The number of hydrogen-bond acceptors (Lipinski definition) is 2. The van der Waals surface area contributed by atoms with Gasteiger partial charge in [0.15, 0.2) is 5.96 Å². The zero-order valence-corrected chi connectivity index (χ0v) is 13.9. The summed E-state index contributed by atoms with van der Waals surface area (Å²) in [4.78, 5) is 4.64. The maximum atomic E-state index is 5.55. The van der Waals surface area contributed by atoms with Crippen molar-refractivity contribution in [2.75, 3.05) is 6.54 Å². The molecule has 0 saturated carbocycles. The van der Waals surface area contributed by atoms with Gasteiger partial charge in [-0.1, -0.05) is 29.8 Å². The number of nitrogens with zero attached hydrogens (tertiary/aromatic N) is 1. The molecule has 2 aromatic rings. The second-order valence-electron chi connectivity index (χ2n) is 5.48. The van der Waals surface area contributed by atoms with E-state index in [0.717, 1.165) is 24.0 Å². The predicted molar refractivity (Wildman–Crippen MR) is 91.0 cm³/mol. The zero-order chi connectivity index (χ0) is 15.9. The van der Waals surface area contributed by atoms with Crippen LogP contribution in [0.1, 0.15) is 35.1 Å². The average molecular weight is 299 g/mol. The highest BCUT2D eigenvalue weighted by atomic mass is 16.3. The van der Waals surface area contributed by atoms with Gasteiger partial charge in [-0.3, -0.25) is 0 Å². The minimum absolute atomic E-state index is 0.667. The van der Waals surface area contributed by atoms with Crippen LogP contribution in [0, 0.1) is 20.8 Å². The molecule has 0 amide bonds. The van der Waals surface area contributed by atoms with Crippen molar-refractivity contribution in [3.63, 3.8) is 0 Å². The summed E-state index contributed by atoms with van der Waals surface area (Å²) in [5, 5.41) is 6.63. The van der Waals surface area contributed by atoms with Crippen LogP contribution in [-0.2, 0) is 13.1 Å². The summed E-state index contributed by atoms with van der Waals surface area (Å²) in [7, 11) is 0. The summed E-state index contributed by atoms with van der Waals surface area (Å²) in [5.74, 6) is 2.72. The summed E-state index contributed by atoms with van der Waals surface area (Å²) < 4.78 is 5.55. The number of benzene rings is 1. The van der Waals surface area contributed by atoms with Gasteiger partial charge < -0.3 is 15.1 Å². The molecule has 4 heteroatoms. The number of nitrogens with one attached hydrogen (secondary N) is 2. The van der Waals surface area contributed by atoms with E-state index in [9.17, 15) is 0 Å². The molecule has 1 heterocycles. The molecule has 2 rings (SSSR count). The Hall–Kier alpha value is -2.23. The third-order valence-electron chi connectivity index (χ3n) is 3.44. The SMILES string of the molecule is CCNC(=NCc1cccc(C)c1)NCc1cc(C)oc1C. The second-order valence-corrected chi connectivity index (χ2v) is 5.48. The minimum Gasteiger partial charge on any atom is -0.466 e. The van der Waals surface area contributed by atoms with E-state index in [1.165, 1.54) is 16.7 Å². The predicted octanol–water partition coefficient (Wildman–Crippen LogP) is 3.46. The third kappa shape index (κ3) is 4.65. The van der Waals surface area contributed by atoms with Crippen molar-refractivity contribution in [3.05, 3.63) is 58.5 Å². The van der Waals surface area contributed by atoms with E-state index >= 15 is 0 Å². The quantitative estimate of drug-likeness (QED) is 0.656. The van der Waals surface area contributed by atoms with Gasteiger partial charge in [0, 0.05) is 18.7 Å². The lowest BCUT2D eigenvalue weighted by Crippen LogP contribution is -2.36. The average Bonchev–Trinajstić information content (AvgIpc) is 2.80. The Labute approximate surface area is 132 Å². The van der Waals surface area contributed by atoms with Crippen LogP contribution >= 0.6 is 0 Å². The summed E-state index contributed by atoms with van der Waals surface area (Å²) in [5.41, 5.74) is 3.64. The molecule has 0 aliphatic carbocycles. The lowest BCUT2D eigenvalue weighted by atomic mass is 10.1. The van der Waals surface area contributed by atoms with Gasteiger partial charge in [0.2, 0.25) is 0 Å². The first kappa shape index (κ1) is 16.1. The van der Waals surface area contributed by atoms with Crippen molar-refractivity contribution in [1.29, 1.82) is 0 Å². The Morgan fingerprint density at radius 1 is 1.14 bits per heavy atom. The summed E-state index contributed by atoms with van der Waals surface area (Å²) in [6.45, 7) is 10.3. The van der Waals surface area contributed by atoms with Crippen LogP contribution in [0.2, 0.25) is 0 Å². The minimum atomic E-state index is 0.667. The number of aliphatic imine (C=N–C) groups is 1. The molecule has 22 heavy (non-hydrogen) atoms. The molecule has 4 nitrogen and oxygen atoms in total. The van der Waals surface area contributed by atoms with Gasteiger partial charge in [-0.15, -0.1) is 0 Å². The van der Waals surface area contributed by atoms with E-state index in [0.29, 0.717) is 13.1 Å². The third-order valence-corrected chi connectivity index (χ3v) is 3.44. The Morgan fingerprint density at radius 3 is 2.59 bits per heavy atom. The number of furan rings is 1. The lowest BCUT2D eigenvalue weighted by molar-refractivity contribution is 0.500. The molecule has 2 N–H and O–H groups in total. The Kier molecular flexibility index (Phi) is 5.64. The van der Waals surface area contributed by atoms with Crippen LogP contribution in [-0.4, -0.2) is 12.5 Å². The number of guanidine groups is 1. The van der Waals surface area contributed by atoms with Crippen LogP contribution in [0.15, 0.2) is 39.7 Å². The van der Waals surface area contributed by atoms with E-state index in [4.69, 9.17) is 4.42 Å². The summed E-state index contributed by atoms with van der Waals surface area (Å²) in [6, 6.07) is 10.5. The molecule has 0 saturated heterocycles. The molecule has 0 atom stereocenters. The lowest BCUT2D eigenvalue weighted by Gasteiger charge is -2.11. The standard InChI is InChI=1S/C18H25N3O/c1-5-19-18(20-11-16-8-6-7-13(2)9-16)21-12-17-10-14(3)22-15(17)4/h6-10H,5,11-12H2,1-4H3,(H2,19,20,21). The van der Waals surface area contributed by atoms with Crippen molar-refractivity contribution in [2.45, 2.75) is 40.8 Å². The second kappa shape index (κ2) is 7.69. The molecule has 0 unspecified atom stereocenters. The first-order valence-corrected chi connectivity index (χ1v) is 7.72. The normalized spacial score (nSPS) is 11.5. The highest BCUT2D eigenvalue weighted by Gasteiger charge is 2.05. The van der Waals surface area contributed by atoms with E-state index < -0.39 is 0 Å². The maximum Gasteiger partial charge on any atom is 0.191 e. The molecule has 118 valence electrons. The van der Waals surface area contributed by atoms with Crippen molar-refractivity contribution >= 4 is 5.96 Å². The molecule has 1 aromatic carbocycles. The van der Waals surface area contributed by atoms with Crippen molar-refractivity contribution in [3.8, 4) is 0 Å². The first-order valence-electron chi connectivity index (χ1n) is 7.72. The molecule has 0 fully saturated rings. The van der Waals surface area contributed by atoms with Crippen molar-refractivity contribution in [1.82, 2.24) is 10.6 Å². The fourth-order valence-electron chi connectivity index (χ4n) is 2.36. The highest BCUT2D eigenvalue weighted by molar-refractivity contribution is 5.79. The van der Waals surface area contributed by atoms with E-state index in [1.54, 1.807) is 0 Å². The Balaban J connectivity index is 1.99. The highest BCUT2D eigenvalue weighted by Crippen LogP contribution is 2.13. The van der Waals surface area contributed by atoms with Gasteiger partial charge in [-0.05, 0) is 39.3 Å². The smallest absolute Gasteiger partial charge is 0.191 e. The fraction of sp³-hybridized carbons (Fsp3) is 0.389. The van der Waals surface area contributed by atoms with Crippen LogP contribution in [0.5, 0.6) is 0 Å². The molecule has 0 aliphatic heterocycles. The zero-order valence-electron chi connectivity index (χ0n) is 13.9. The summed E-state index contributed by atoms with van der Waals surface area (Å²) in [6.07, 6.45) is 0. The Bertz CT molecular complexity index is 644. The first-order chi connectivity index (χ1) is 10.6. The van der Waals surface area contributed by atoms with E-state index in [-0.39, 0.29) is 0 Å². The monoisotopic (exact) mass is 299 g/mol. The van der Waals surface area contributed by atoms with Crippen LogP contribution in [0.4, 0.5) is 0 Å². The number of aryl methyl sites for hydroxylation is 3. The molecule has 0 bridgehead atoms. The van der Waals surface area contributed by atoms with Crippen molar-refractivity contribution in [2.24, 2.45) is 4.99 Å². The van der Waals surface area contributed by atoms with Gasteiger partial charge in [0.25, 0.3) is 0 Å². The van der Waals surface area contributed by atoms with Crippen LogP contribution < -0.4 is 10.6 Å². The largest absolute Gasteiger partial charge is 0.466 e. The van der Waals surface area contributed by atoms with Crippen LogP contribution in [0.3, 0.4) is 0 Å². The maximum absolute atomic E-state index is 5.55. The summed E-state index contributed by atoms with van der Waals surface area (Å²) >= 11 is 0. The van der Waals surface area contributed by atoms with Crippen LogP contribution in [0.25, 0.3) is 0 Å². The van der Waals surface area contributed by atoms with Gasteiger partial charge in [-0.2, -0.15) is 0 Å². The molecular weight excluding hydrogens is 274 g/mol. The molecule has 0 radical (unpaired) electrons. The molecular formula is C18H25N3O. The fourth-order valence-corrected chi connectivity index (χ4v) is 2.36.